The predicted molar refractivity (Wildman–Crippen MR) is 89.5 cm³/mol. The van der Waals surface area contributed by atoms with Gasteiger partial charge in [0.2, 0.25) is 0 Å². The molecular weight excluding hydrogens is 282 g/mol. The Balaban J connectivity index is 2.18. The quantitative estimate of drug-likeness (QED) is 0.923. The molecule has 1 aromatic heterocycles. The minimum atomic E-state index is 0.257. The third-order valence-corrected chi connectivity index (χ3v) is 4.30. The molecule has 0 fully saturated rings. The lowest BCUT2D eigenvalue weighted by Gasteiger charge is -2.26. The number of nitrogen functional groups attached to an aromatic ring is 1. The number of nitrogens with zero attached hydrogens (tertiary/aromatic N) is 2. The molecule has 4 heteroatoms. The van der Waals surface area contributed by atoms with Crippen LogP contribution in [0.2, 0.25) is 5.02 Å². The van der Waals surface area contributed by atoms with Crippen molar-refractivity contribution < 1.29 is 0 Å². The lowest BCUT2D eigenvalue weighted by molar-refractivity contribution is 0.249. The molecule has 0 aliphatic heterocycles. The van der Waals surface area contributed by atoms with Crippen molar-refractivity contribution in [2.45, 2.75) is 33.4 Å². The van der Waals surface area contributed by atoms with Gasteiger partial charge in [-0.25, -0.2) is 0 Å². The van der Waals surface area contributed by atoms with Crippen LogP contribution < -0.4 is 5.73 Å². The smallest absolute Gasteiger partial charge is 0.0593 e. The molecule has 2 aromatic rings. The van der Waals surface area contributed by atoms with Gasteiger partial charge in [-0.05, 0) is 56.6 Å². The normalized spacial score (nSPS) is 12.7. The molecule has 1 aromatic carbocycles. The Hall–Kier alpha value is -1.58. The second-order valence-electron chi connectivity index (χ2n) is 5.57. The maximum atomic E-state index is 6.09. The second-order valence-corrected chi connectivity index (χ2v) is 6.01. The second kappa shape index (κ2) is 6.46. The van der Waals surface area contributed by atoms with Crippen LogP contribution in [0.3, 0.4) is 0 Å². The molecule has 0 amide bonds. The van der Waals surface area contributed by atoms with Gasteiger partial charge in [0.25, 0.3) is 0 Å². The summed E-state index contributed by atoms with van der Waals surface area (Å²) in [5.41, 5.74) is 11.2. The molecule has 3 nitrogen and oxygen atoms in total. The summed E-state index contributed by atoms with van der Waals surface area (Å²) in [6, 6.07) is 8.23. The van der Waals surface area contributed by atoms with E-state index in [2.05, 4.69) is 29.9 Å². The number of aryl methyl sites for hydroxylation is 1. The Morgan fingerprint density at radius 3 is 2.71 bits per heavy atom. The van der Waals surface area contributed by atoms with Gasteiger partial charge in [-0.1, -0.05) is 23.7 Å². The van der Waals surface area contributed by atoms with Gasteiger partial charge in [-0.3, -0.25) is 9.88 Å². The van der Waals surface area contributed by atoms with Crippen molar-refractivity contribution in [3.8, 4) is 0 Å². The van der Waals surface area contributed by atoms with Gasteiger partial charge >= 0.3 is 0 Å². The van der Waals surface area contributed by atoms with Gasteiger partial charge in [-0.2, -0.15) is 0 Å². The molecule has 0 spiro atoms. The van der Waals surface area contributed by atoms with Crippen LogP contribution in [0, 0.1) is 13.8 Å². The minimum absolute atomic E-state index is 0.257. The average Bonchev–Trinajstić information content (AvgIpc) is 2.47. The lowest BCUT2D eigenvalue weighted by atomic mass is 10.1. The molecule has 1 unspecified atom stereocenters. The van der Waals surface area contributed by atoms with Crippen LogP contribution in [-0.2, 0) is 6.54 Å². The molecule has 112 valence electrons. The zero-order valence-electron chi connectivity index (χ0n) is 13.0. The summed E-state index contributed by atoms with van der Waals surface area (Å²) in [5, 5.41) is 0.765. The van der Waals surface area contributed by atoms with Crippen LogP contribution in [-0.4, -0.2) is 16.9 Å². The van der Waals surface area contributed by atoms with Crippen LogP contribution in [0.1, 0.15) is 35.3 Å². The number of nitrogens with two attached hydrogens (primary N) is 1. The molecular formula is C17H22ClN3. The summed E-state index contributed by atoms with van der Waals surface area (Å²) >= 11 is 6.07. The van der Waals surface area contributed by atoms with E-state index in [9.17, 15) is 0 Å². The number of halogens is 1. The van der Waals surface area contributed by atoms with Crippen LogP contribution in [0.15, 0.2) is 30.5 Å². The Morgan fingerprint density at radius 1 is 1.33 bits per heavy atom. The van der Waals surface area contributed by atoms with Crippen molar-refractivity contribution in [1.29, 1.82) is 0 Å². The first kappa shape index (κ1) is 15.8. The van der Waals surface area contributed by atoms with Crippen molar-refractivity contribution in [3.63, 3.8) is 0 Å². The van der Waals surface area contributed by atoms with Crippen LogP contribution in [0.25, 0.3) is 0 Å². The van der Waals surface area contributed by atoms with E-state index in [4.69, 9.17) is 17.3 Å². The molecule has 1 heterocycles. The predicted octanol–water partition coefficient (Wildman–Crippen LogP) is 4.13. The number of pyridine rings is 1. The molecule has 2 rings (SSSR count). The Kier molecular flexibility index (Phi) is 4.86. The maximum absolute atomic E-state index is 6.09. The largest absolute Gasteiger partial charge is 0.398 e. The van der Waals surface area contributed by atoms with Crippen molar-refractivity contribution in [3.05, 3.63) is 57.9 Å². The fourth-order valence-electron chi connectivity index (χ4n) is 2.35. The first-order valence-corrected chi connectivity index (χ1v) is 7.44. The van der Waals surface area contributed by atoms with Gasteiger partial charge in [0, 0.05) is 29.5 Å². The van der Waals surface area contributed by atoms with Crippen LogP contribution in [0.4, 0.5) is 5.69 Å². The van der Waals surface area contributed by atoms with E-state index in [-0.39, 0.29) is 6.04 Å². The lowest BCUT2D eigenvalue weighted by Crippen LogP contribution is -2.23. The maximum Gasteiger partial charge on any atom is 0.0593 e. The van der Waals surface area contributed by atoms with Crippen LogP contribution in [0.5, 0.6) is 0 Å². The van der Waals surface area contributed by atoms with Gasteiger partial charge in [-0.15, -0.1) is 0 Å². The van der Waals surface area contributed by atoms with Gasteiger partial charge in [0.15, 0.2) is 0 Å². The van der Waals surface area contributed by atoms with E-state index in [1.165, 1.54) is 5.56 Å². The number of benzene rings is 1. The molecule has 0 saturated heterocycles. The molecule has 0 bridgehead atoms. The highest BCUT2D eigenvalue weighted by Crippen LogP contribution is 2.25. The Morgan fingerprint density at radius 2 is 2.05 bits per heavy atom. The monoisotopic (exact) mass is 303 g/mol. The summed E-state index contributed by atoms with van der Waals surface area (Å²) in [6.45, 7) is 6.93. The SMILES string of the molecule is Cc1cnc(CN(C)C(C)c2cccc(Cl)c2)c(C)c1N. The number of anilines is 1. The first-order valence-electron chi connectivity index (χ1n) is 7.06. The van der Waals surface area contributed by atoms with Gasteiger partial charge in [0.1, 0.15) is 0 Å². The number of rotatable bonds is 4. The van der Waals surface area contributed by atoms with E-state index in [1.54, 1.807) is 0 Å². The molecule has 0 aliphatic rings. The summed E-state index contributed by atoms with van der Waals surface area (Å²) in [5.74, 6) is 0. The fraction of sp³-hybridized carbons (Fsp3) is 0.353. The third kappa shape index (κ3) is 3.55. The third-order valence-electron chi connectivity index (χ3n) is 4.07. The fourth-order valence-corrected chi connectivity index (χ4v) is 2.54. The van der Waals surface area contributed by atoms with E-state index < -0.39 is 0 Å². The zero-order valence-corrected chi connectivity index (χ0v) is 13.8. The van der Waals surface area contributed by atoms with Crippen molar-refractivity contribution >= 4 is 17.3 Å². The Labute approximate surface area is 131 Å². The summed E-state index contributed by atoms with van der Waals surface area (Å²) in [6.07, 6.45) is 1.84. The summed E-state index contributed by atoms with van der Waals surface area (Å²) in [4.78, 5) is 6.77. The molecule has 21 heavy (non-hydrogen) atoms. The first-order chi connectivity index (χ1) is 9.90. The summed E-state index contributed by atoms with van der Waals surface area (Å²) < 4.78 is 0. The van der Waals surface area contributed by atoms with Gasteiger partial charge in [0.05, 0.1) is 5.69 Å². The number of hydrogen-bond donors (Lipinski definition) is 1. The molecule has 0 aliphatic carbocycles. The number of aromatic nitrogens is 1. The van der Waals surface area contributed by atoms with Crippen molar-refractivity contribution in [2.75, 3.05) is 12.8 Å². The van der Waals surface area contributed by atoms with Crippen molar-refractivity contribution in [1.82, 2.24) is 9.88 Å². The van der Waals surface area contributed by atoms with E-state index in [0.717, 1.165) is 34.1 Å². The topological polar surface area (TPSA) is 42.2 Å². The molecule has 0 radical (unpaired) electrons. The van der Waals surface area contributed by atoms with E-state index in [1.807, 2.05) is 38.2 Å². The standard InChI is InChI=1S/C17H22ClN3/c1-11-9-20-16(12(2)17(11)19)10-21(4)13(3)14-6-5-7-15(18)8-14/h5-9,13H,10H2,1-4H3,(H2,19,20). The molecule has 0 saturated carbocycles. The molecule has 1 atom stereocenters. The highest BCUT2D eigenvalue weighted by Gasteiger charge is 2.15. The van der Waals surface area contributed by atoms with Crippen LogP contribution >= 0.6 is 11.6 Å². The highest BCUT2D eigenvalue weighted by atomic mass is 35.5. The van der Waals surface area contributed by atoms with E-state index in [0.29, 0.717) is 0 Å². The summed E-state index contributed by atoms with van der Waals surface area (Å²) in [7, 11) is 2.09. The van der Waals surface area contributed by atoms with E-state index >= 15 is 0 Å². The molecule has 2 N–H and O–H groups in total. The Bertz CT molecular complexity index is 640. The zero-order chi connectivity index (χ0) is 15.6. The number of hydrogen-bond acceptors (Lipinski definition) is 3. The average molecular weight is 304 g/mol. The highest BCUT2D eigenvalue weighted by molar-refractivity contribution is 6.30. The van der Waals surface area contributed by atoms with Crippen molar-refractivity contribution in [2.24, 2.45) is 0 Å². The van der Waals surface area contributed by atoms with Gasteiger partial charge < -0.3 is 5.73 Å². The minimum Gasteiger partial charge on any atom is -0.398 e.